The zero-order chi connectivity index (χ0) is 15.6. The molecule has 0 atom stereocenters. The molecule has 0 saturated heterocycles. The first-order valence-corrected chi connectivity index (χ1v) is 5.63. The molecular weight excluding hydrogens is 291 g/mol. The van der Waals surface area contributed by atoms with Crippen LogP contribution in [-0.4, -0.2) is 10.0 Å². The molecule has 0 fully saturated rings. The van der Waals surface area contributed by atoms with Crippen LogP contribution in [0.3, 0.4) is 0 Å². The lowest BCUT2D eigenvalue weighted by Gasteiger charge is -2.09. The summed E-state index contributed by atoms with van der Waals surface area (Å²) in [7, 11) is 0. The van der Waals surface area contributed by atoms with E-state index in [2.05, 4.69) is 0 Å². The zero-order valence-corrected chi connectivity index (χ0v) is 10.3. The first-order chi connectivity index (χ1) is 9.92. The van der Waals surface area contributed by atoms with Crippen molar-refractivity contribution in [3.63, 3.8) is 0 Å². The molecule has 0 aliphatic heterocycles. The van der Waals surface area contributed by atoms with Crippen molar-refractivity contribution in [3.05, 3.63) is 63.5 Å². The van der Waals surface area contributed by atoms with E-state index < -0.39 is 46.2 Å². The first kappa shape index (κ1) is 14.8. The Labute approximate surface area is 116 Å². The van der Waals surface area contributed by atoms with Crippen LogP contribution in [0.2, 0.25) is 0 Å². The highest BCUT2D eigenvalue weighted by molar-refractivity contribution is 5.41. The van der Waals surface area contributed by atoms with Gasteiger partial charge in [0.05, 0.1) is 17.6 Å². The maximum atomic E-state index is 13.6. The number of nitro groups is 1. The van der Waals surface area contributed by atoms with Gasteiger partial charge in [-0.05, 0) is 23.8 Å². The molecule has 8 heteroatoms. The highest BCUT2D eigenvalue weighted by Gasteiger charge is 2.17. The van der Waals surface area contributed by atoms with E-state index in [9.17, 15) is 23.3 Å². The molecular formula is C13H8F3NO4. The Balaban J connectivity index is 2.37. The molecule has 1 N–H and O–H groups in total. The minimum absolute atomic E-state index is 0.0125. The number of aliphatic hydroxyl groups is 1. The van der Waals surface area contributed by atoms with E-state index in [1.54, 1.807) is 0 Å². The molecule has 0 amide bonds. The van der Waals surface area contributed by atoms with Crippen molar-refractivity contribution in [3.8, 4) is 11.5 Å². The van der Waals surface area contributed by atoms with Crippen molar-refractivity contribution < 1.29 is 27.9 Å². The van der Waals surface area contributed by atoms with Gasteiger partial charge in [-0.2, -0.15) is 0 Å². The summed E-state index contributed by atoms with van der Waals surface area (Å²) in [5.41, 5.74) is -0.530. The SMILES string of the molecule is O=[N+]([O-])c1ccc(Oc2c(F)cc(CO)cc2F)c(F)c1. The van der Waals surface area contributed by atoms with Crippen molar-refractivity contribution in [1.29, 1.82) is 0 Å². The van der Waals surface area contributed by atoms with E-state index >= 15 is 0 Å². The lowest BCUT2D eigenvalue weighted by Crippen LogP contribution is -1.98. The Morgan fingerprint density at radius 2 is 1.71 bits per heavy atom. The van der Waals surface area contributed by atoms with E-state index in [4.69, 9.17) is 9.84 Å². The van der Waals surface area contributed by atoms with Gasteiger partial charge in [-0.25, -0.2) is 13.2 Å². The Morgan fingerprint density at radius 3 is 2.19 bits per heavy atom. The second-order valence-corrected chi connectivity index (χ2v) is 4.02. The number of hydrogen-bond donors (Lipinski definition) is 1. The van der Waals surface area contributed by atoms with Crippen LogP contribution in [0.5, 0.6) is 11.5 Å². The predicted molar refractivity (Wildman–Crippen MR) is 65.4 cm³/mol. The molecule has 0 spiro atoms. The molecule has 0 unspecified atom stereocenters. The third-order valence-electron chi connectivity index (χ3n) is 2.58. The summed E-state index contributed by atoms with van der Waals surface area (Å²) in [5, 5.41) is 19.3. The monoisotopic (exact) mass is 299 g/mol. The van der Waals surface area contributed by atoms with E-state index in [0.29, 0.717) is 6.07 Å². The molecule has 2 aromatic carbocycles. The number of rotatable bonds is 4. The summed E-state index contributed by atoms with van der Waals surface area (Å²) in [6, 6.07) is 4.08. The maximum Gasteiger partial charge on any atom is 0.272 e. The van der Waals surface area contributed by atoms with Crippen LogP contribution in [0, 0.1) is 27.6 Å². The number of nitrogens with zero attached hydrogens (tertiary/aromatic N) is 1. The van der Waals surface area contributed by atoms with Crippen LogP contribution in [0.4, 0.5) is 18.9 Å². The van der Waals surface area contributed by atoms with Gasteiger partial charge < -0.3 is 9.84 Å². The van der Waals surface area contributed by atoms with Crippen molar-refractivity contribution in [2.75, 3.05) is 0 Å². The van der Waals surface area contributed by atoms with Gasteiger partial charge in [0.25, 0.3) is 5.69 Å². The predicted octanol–water partition coefficient (Wildman–Crippen LogP) is 3.30. The molecule has 0 aromatic heterocycles. The molecule has 2 aromatic rings. The first-order valence-electron chi connectivity index (χ1n) is 5.63. The summed E-state index contributed by atoms with van der Waals surface area (Å²) in [6.45, 7) is -0.569. The number of non-ortho nitro benzene ring substituents is 1. The van der Waals surface area contributed by atoms with Gasteiger partial charge in [-0.3, -0.25) is 10.1 Å². The second-order valence-electron chi connectivity index (χ2n) is 4.02. The van der Waals surface area contributed by atoms with Crippen molar-refractivity contribution in [2.24, 2.45) is 0 Å². The number of benzene rings is 2. The largest absolute Gasteiger partial charge is 0.448 e. The minimum atomic E-state index is -1.13. The fourth-order valence-corrected chi connectivity index (χ4v) is 1.60. The Morgan fingerprint density at radius 1 is 1.10 bits per heavy atom. The fourth-order valence-electron chi connectivity index (χ4n) is 1.60. The van der Waals surface area contributed by atoms with Gasteiger partial charge in [0, 0.05) is 6.07 Å². The molecule has 0 saturated carbocycles. The number of ether oxygens (including phenoxy) is 1. The van der Waals surface area contributed by atoms with Crippen molar-refractivity contribution in [2.45, 2.75) is 6.61 Å². The topological polar surface area (TPSA) is 72.6 Å². The summed E-state index contributed by atoms with van der Waals surface area (Å²) in [4.78, 5) is 9.64. The van der Waals surface area contributed by atoms with Gasteiger partial charge in [-0.15, -0.1) is 0 Å². The van der Waals surface area contributed by atoms with E-state index in [0.717, 1.165) is 24.3 Å². The van der Waals surface area contributed by atoms with E-state index in [1.807, 2.05) is 0 Å². The average Bonchev–Trinajstić information content (AvgIpc) is 2.43. The van der Waals surface area contributed by atoms with Crippen LogP contribution in [0.25, 0.3) is 0 Å². The normalized spacial score (nSPS) is 10.5. The van der Waals surface area contributed by atoms with E-state index in [1.165, 1.54) is 0 Å². The summed E-state index contributed by atoms with van der Waals surface area (Å²) in [5.74, 6) is -4.81. The Kier molecular flexibility index (Phi) is 4.08. The maximum absolute atomic E-state index is 13.6. The summed E-state index contributed by atoms with van der Waals surface area (Å²) in [6.07, 6.45) is 0. The number of halogens is 3. The van der Waals surface area contributed by atoms with Crippen LogP contribution >= 0.6 is 0 Å². The molecule has 2 rings (SSSR count). The Hall–Kier alpha value is -2.61. The number of aliphatic hydroxyl groups excluding tert-OH is 1. The van der Waals surface area contributed by atoms with Crippen molar-refractivity contribution in [1.82, 2.24) is 0 Å². The van der Waals surface area contributed by atoms with Crippen molar-refractivity contribution >= 4 is 5.69 Å². The lowest BCUT2D eigenvalue weighted by molar-refractivity contribution is -0.385. The highest BCUT2D eigenvalue weighted by Crippen LogP contribution is 2.31. The van der Waals surface area contributed by atoms with Gasteiger partial charge in [0.15, 0.2) is 29.0 Å². The molecule has 0 bridgehead atoms. The van der Waals surface area contributed by atoms with Crippen LogP contribution in [0.1, 0.15) is 5.56 Å². The van der Waals surface area contributed by atoms with Gasteiger partial charge in [0.2, 0.25) is 0 Å². The summed E-state index contributed by atoms with van der Waals surface area (Å²) < 4.78 is 45.6. The van der Waals surface area contributed by atoms with Gasteiger partial charge in [-0.1, -0.05) is 0 Å². The standard InChI is InChI=1S/C13H8F3NO4/c14-9-5-8(17(19)20)1-2-12(9)21-13-10(15)3-7(6-18)4-11(13)16/h1-5,18H,6H2. The van der Waals surface area contributed by atoms with Crippen LogP contribution in [0.15, 0.2) is 30.3 Å². The highest BCUT2D eigenvalue weighted by atomic mass is 19.1. The molecule has 0 heterocycles. The van der Waals surface area contributed by atoms with Gasteiger partial charge in [0.1, 0.15) is 0 Å². The number of hydrogen-bond acceptors (Lipinski definition) is 4. The molecule has 0 radical (unpaired) electrons. The molecule has 0 aliphatic rings. The molecule has 21 heavy (non-hydrogen) atoms. The van der Waals surface area contributed by atoms with E-state index in [-0.39, 0.29) is 5.56 Å². The second kappa shape index (κ2) is 5.80. The zero-order valence-electron chi connectivity index (χ0n) is 10.3. The number of nitro benzene ring substituents is 1. The summed E-state index contributed by atoms with van der Waals surface area (Å²) >= 11 is 0. The third-order valence-corrected chi connectivity index (χ3v) is 2.58. The third kappa shape index (κ3) is 3.11. The minimum Gasteiger partial charge on any atom is -0.448 e. The lowest BCUT2D eigenvalue weighted by atomic mass is 10.2. The van der Waals surface area contributed by atoms with Gasteiger partial charge >= 0.3 is 0 Å². The molecule has 5 nitrogen and oxygen atoms in total. The molecule has 0 aliphatic carbocycles. The quantitative estimate of drug-likeness (QED) is 0.694. The van der Waals surface area contributed by atoms with Crippen LogP contribution < -0.4 is 4.74 Å². The van der Waals surface area contributed by atoms with Crippen LogP contribution in [-0.2, 0) is 6.61 Å². The average molecular weight is 299 g/mol. The fraction of sp³-hybridized carbons (Fsp3) is 0.0769. The Bertz CT molecular complexity index is 683. The molecule has 110 valence electrons. The smallest absolute Gasteiger partial charge is 0.272 e.